The van der Waals surface area contributed by atoms with Crippen molar-refractivity contribution in [3.05, 3.63) is 30.1 Å². The average molecular weight is 331 g/mol. The third kappa shape index (κ3) is 4.09. The molecule has 0 atom stereocenters. The van der Waals surface area contributed by atoms with Crippen LogP contribution in [0.4, 0.5) is 0 Å². The molecule has 0 unspecified atom stereocenters. The minimum atomic E-state index is 0.726. The molecule has 1 fully saturated rings. The predicted molar refractivity (Wildman–Crippen MR) is 99.9 cm³/mol. The van der Waals surface area contributed by atoms with E-state index in [1.807, 2.05) is 18.2 Å². The molecule has 1 aliphatic heterocycles. The summed E-state index contributed by atoms with van der Waals surface area (Å²) in [7, 11) is 0. The summed E-state index contributed by atoms with van der Waals surface area (Å²) in [5, 5.41) is 3.47. The molecule has 0 spiro atoms. The number of unbranched alkanes of at least 4 members (excludes halogenated alkanes) is 1. The molecule has 2 N–H and O–H groups in total. The smallest absolute Gasteiger partial charge is 0.108 e. The molecule has 1 aromatic heterocycles. The molecule has 2 aromatic rings. The minimum absolute atomic E-state index is 0.726. The van der Waals surface area contributed by atoms with Crippen molar-refractivity contribution in [1.82, 2.24) is 20.2 Å². The van der Waals surface area contributed by atoms with Crippen LogP contribution in [0.1, 0.15) is 38.2 Å². The number of H-pyrrole nitrogens is 1. The molecule has 0 radical (unpaired) electrons. The maximum absolute atomic E-state index is 5.59. The Morgan fingerprint density at radius 3 is 3.00 bits per heavy atom. The highest BCUT2D eigenvalue weighted by Gasteiger charge is 2.19. The van der Waals surface area contributed by atoms with Gasteiger partial charge in [0.25, 0.3) is 0 Å². The fourth-order valence-corrected chi connectivity index (χ4v) is 3.52. The van der Waals surface area contributed by atoms with Crippen LogP contribution >= 0.6 is 12.2 Å². The molecule has 0 aliphatic carbocycles. The van der Waals surface area contributed by atoms with Gasteiger partial charge in [-0.3, -0.25) is 0 Å². The Labute approximate surface area is 143 Å². The van der Waals surface area contributed by atoms with Crippen molar-refractivity contribution in [3.8, 4) is 0 Å². The number of nitrogens with zero attached hydrogens (tertiary/aromatic N) is 2. The van der Waals surface area contributed by atoms with E-state index in [-0.39, 0.29) is 0 Å². The number of likely N-dealkylation sites (tertiary alicyclic amines) is 1. The molecule has 1 aromatic carbocycles. The molecule has 3 rings (SSSR count). The first-order valence-electron chi connectivity index (χ1n) is 8.70. The molecule has 5 heteroatoms. The van der Waals surface area contributed by atoms with E-state index in [2.05, 4.69) is 27.1 Å². The molecule has 1 aliphatic rings. The van der Waals surface area contributed by atoms with E-state index >= 15 is 0 Å². The second-order valence-corrected chi connectivity index (χ2v) is 6.86. The van der Waals surface area contributed by atoms with Crippen LogP contribution in [0.25, 0.3) is 11.0 Å². The number of fused-ring (bicyclic) bond motifs is 1. The van der Waals surface area contributed by atoms with Crippen LogP contribution in [0, 0.1) is 5.92 Å². The fourth-order valence-electron chi connectivity index (χ4n) is 3.28. The van der Waals surface area contributed by atoms with Crippen molar-refractivity contribution in [2.24, 2.45) is 5.92 Å². The van der Waals surface area contributed by atoms with Gasteiger partial charge in [0.15, 0.2) is 0 Å². The summed E-state index contributed by atoms with van der Waals surface area (Å²) >= 11 is 5.59. The lowest BCUT2D eigenvalue weighted by Gasteiger charge is -2.32. The maximum atomic E-state index is 5.59. The Balaban J connectivity index is 1.49. The van der Waals surface area contributed by atoms with Gasteiger partial charge in [-0.1, -0.05) is 31.6 Å². The van der Waals surface area contributed by atoms with Crippen LogP contribution in [-0.4, -0.2) is 46.0 Å². The third-order valence-electron chi connectivity index (χ3n) is 4.78. The Hall–Kier alpha value is -1.46. The van der Waals surface area contributed by atoms with Crippen LogP contribution in [0.3, 0.4) is 0 Å². The first-order chi connectivity index (χ1) is 11.3. The van der Waals surface area contributed by atoms with Gasteiger partial charge in [0.2, 0.25) is 0 Å². The van der Waals surface area contributed by atoms with Gasteiger partial charge >= 0.3 is 0 Å². The maximum Gasteiger partial charge on any atom is 0.108 e. The summed E-state index contributed by atoms with van der Waals surface area (Å²) in [6.07, 6.45) is 6.87. The molecule has 0 amide bonds. The first kappa shape index (κ1) is 16.4. The standard InChI is InChI=1S/C18H26N4S/c1-2-3-9-22-10-7-14(8-11-22)12-19-18(23)15-5-4-6-16-17(15)21-13-20-16/h4-6,13-14H,2-3,7-12H2,1H3,(H,19,23)(H,20,21). The van der Waals surface area contributed by atoms with E-state index in [0.29, 0.717) is 0 Å². The van der Waals surface area contributed by atoms with Crippen molar-refractivity contribution >= 4 is 28.2 Å². The van der Waals surface area contributed by atoms with Crippen LogP contribution < -0.4 is 5.32 Å². The number of piperidine rings is 1. The highest BCUT2D eigenvalue weighted by molar-refractivity contribution is 7.80. The largest absolute Gasteiger partial charge is 0.375 e. The van der Waals surface area contributed by atoms with E-state index in [9.17, 15) is 0 Å². The van der Waals surface area contributed by atoms with Gasteiger partial charge in [-0.15, -0.1) is 0 Å². The van der Waals surface area contributed by atoms with Crippen molar-refractivity contribution in [2.45, 2.75) is 32.6 Å². The number of hydrogen-bond donors (Lipinski definition) is 2. The summed E-state index contributed by atoms with van der Waals surface area (Å²) in [5.74, 6) is 0.726. The Morgan fingerprint density at radius 1 is 1.39 bits per heavy atom. The van der Waals surface area contributed by atoms with Crippen LogP contribution in [0.2, 0.25) is 0 Å². The Bertz CT molecular complexity index is 643. The monoisotopic (exact) mass is 330 g/mol. The lowest BCUT2D eigenvalue weighted by Crippen LogP contribution is -2.38. The highest BCUT2D eigenvalue weighted by atomic mass is 32.1. The molecule has 4 nitrogen and oxygen atoms in total. The molecule has 23 heavy (non-hydrogen) atoms. The van der Waals surface area contributed by atoms with E-state index in [4.69, 9.17) is 12.2 Å². The topological polar surface area (TPSA) is 44.0 Å². The van der Waals surface area contributed by atoms with Crippen molar-refractivity contribution < 1.29 is 0 Å². The van der Waals surface area contributed by atoms with Crippen LogP contribution in [0.15, 0.2) is 24.5 Å². The van der Waals surface area contributed by atoms with Gasteiger partial charge < -0.3 is 15.2 Å². The summed E-state index contributed by atoms with van der Waals surface area (Å²) in [6.45, 7) is 6.96. The van der Waals surface area contributed by atoms with E-state index in [1.54, 1.807) is 6.33 Å². The summed E-state index contributed by atoms with van der Waals surface area (Å²) in [6, 6.07) is 6.10. The lowest BCUT2D eigenvalue weighted by atomic mass is 9.96. The zero-order valence-corrected chi connectivity index (χ0v) is 14.7. The zero-order valence-electron chi connectivity index (χ0n) is 13.8. The number of hydrogen-bond acceptors (Lipinski definition) is 3. The lowest BCUT2D eigenvalue weighted by molar-refractivity contribution is 0.183. The molecule has 1 saturated heterocycles. The van der Waals surface area contributed by atoms with Gasteiger partial charge in [-0.25, -0.2) is 4.98 Å². The number of aromatic nitrogens is 2. The Morgan fingerprint density at radius 2 is 2.22 bits per heavy atom. The van der Waals surface area contributed by atoms with Crippen molar-refractivity contribution in [1.29, 1.82) is 0 Å². The number of benzene rings is 1. The first-order valence-corrected chi connectivity index (χ1v) is 9.11. The number of nitrogens with one attached hydrogen (secondary N) is 2. The molecule has 2 heterocycles. The minimum Gasteiger partial charge on any atom is -0.375 e. The second kappa shape index (κ2) is 7.88. The molecule has 0 saturated carbocycles. The van der Waals surface area contributed by atoms with E-state index in [1.165, 1.54) is 45.3 Å². The number of para-hydroxylation sites is 1. The van der Waals surface area contributed by atoms with Gasteiger partial charge in [0, 0.05) is 12.1 Å². The number of imidazole rings is 1. The molecule has 0 bridgehead atoms. The zero-order chi connectivity index (χ0) is 16.1. The number of rotatable bonds is 6. The number of thiocarbonyl (C=S) groups is 1. The number of aromatic amines is 1. The second-order valence-electron chi connectivity index (χ2n) is 6.45. The van der Waals surface area contributed by atoms with Crippen molar-refractivity contribution in [2.75, 3.05) is 26.2 Å². The summed E-state index contributed by atoms with van der Waals surface area (Å²) in [5.41, 5.74) is 3.02. The molecular weight excluding hydrogens is 304 g/mol. The highest BCUT2D eigenvalue weighted by Crippen LogP contribution is 2.18. The predicted octanol–water partition coefficient (Wildman–Crippen LogP) is 3.34. The SMILES string of the molecule is CCCCN1CCC(CNC(=S)c2cccc3[nH]cnc23)CC1. The fraction of sp³-hybridized carbons (Fsp3) is 0.556. The summed E-state index contributed by atoms with van der Waals surface area (Å²) in [4.78, 5) is 10.9. The van der Waals surface area contributed by atoms with E-state index < -0.39 is 0 Å². The quantitative estimate of drug-likeness (QED) is 0.797. The molecular formula is C18H26N4S. The van der Waals surface area contributed by atoms with Crippen LogP contribution in [0.5, 0.6) is 0 Å². The van der Waals surface area contributed by atoms with Gasteiger partial charge in [0.1, 0.15) is 4.99 Å². The normalized spacial score (nSPS) is 16.7. The average Bonchev–Trinajstić information content (AvgIpc) is 3.07. The van der Waals surface area contributed by atoms with Gasteiger partial charge in [0.05, 0.1) is 17.4 Å². The van der Waals surface area contributed by atoms with E-state index in [0.717, 1.165) is 34.0 Å². The molecule has 124 valence electrons. The van der Waals surface area contributed by atoms with Gasteiger partial charge in [-0.05, 0) is 56.9 Å². The third-order valence-corrected chi connectivity index (χ3v) is 5.14. The summed E-state index contributed by atoms with van der Waals surface area (Å²) < 4.78 is 0. The van der Waals surface area contributed by atoms with Crippen LogP contribution in [-0.2, 0) is 0 Å². The van der Waals surface area contributed by atoms with Crippen molar-refractivity contribution in [3.63, 3.8) is 0 Å². The van der Waals surface area contributed by atoms with Gasteiger partial charge in [-0.2, -0.15) is 0 Å². The Kier molecular flexibility index (Phi) is 5.62.